The van der Waals surface area contributed by atoms with E-state index in [-0.39, 0.29) is 23.6 Å². The molecule has 124 valence electrons. The molecule has 0 amide bonds. The minimum Gasteiger partial charge on any atom is -0.502 e. The average molecular weight is 328 g/mol. The zero-order valence-corrected chi connectivity index (χ0v) is 13.5. The summed E-state index contributed by atoms with van der Waals surface area (Å²) in [5.74, 6) is -0.363. The van der Waals surface area contributed by atoms with Crippen molar-refractivity contribution in [1.82, 2.24) is 10.1 Å². The number of carbonyl (C=O) groups is 1. The summed E-state index contributed by atoms with van der Waals surface area (Å²) in [5.41, 5.74) is 1.75. The highest BCUT2D eigenvalue weighted by atomic mass is 16.5. The van der Waals surface area contributed by atoms with Gasteiger partial charge in [-0.3, -0.25) is 0 Å². The maximum atomic E-state index is 11.9. The second-order valence-electron chi connectivity index (χ2n) is 5.08. The third-order valence-electron chi connectivity index (χ3n) is 3.61. The number of hydrogen-bond acceptors (Lipinski definition) is 7. The summed E-state index contributed by atoms with van der Waals surface area (Å²) in [6.07, 6.45) is 0. The fraction of sp³-hybridized carbons (Fsp3) is 0.235. The van der Waals surface area contributed by atoms with Crippen LogP contribution in [0.3, 0.4) is 0 Å². The minimum atomic E-state index is -0.706. The molecule has 0 spiro atoms. The normalized spacial score (nSPS) is 10.8. The van der Waals surface area contributed by atoms with Crippen LogP contribution in [0.25, 0.3) is 22.2 Å². The van der Waals surface area contributed by atoms with Gasteiger partial charge < -0.3 is 19.1 Å². The zero-order chi connectivity index (χ0) is 17.3. The highest BCUT2D eigenvalue weighted by Gasteiger charge is 2.24. The molecule has 24 heavy (non-hydrogen) atoms. The van der Waals surface area contributed by atoms with Crippen LogP contribution >= 0.6 is 0 Å². The van der Waals surface area contributed by atoms with Crippen LogP contribution < -0.4 is 4.74 Å². The van der Waals surface area contributed by atoms with Crippen molar-refractivity contribution in [2.75, 3.05) is 13.7 Å². The molecular weight excluding hydrogens is 312 g/mol. The van der Waals surface area contributed by atoms with Crippen LogP contribution in [0.1, 0.15) is 23.1 Å². The van der Waals surface area contributed by atoms with Gasteiger partial charge in [-0.1, -0.05) is 5.16 Å². The summed E-state index contributed by atoms with van der Waals surface area (Å²) < 4.78 is 15.3. The summed E-state index contributed by atoms with van der Waals surface area (Å²) in [6.45, 7) is 3.58. The third kappa shape index (κ3) is 2.54. The Kier molecular flexibility index (Phi) is 4.07. The van der Waals surface area contributed by atoms with Gasteiger partial charge in [-0.2, -0.15) is 0 Å². The Hall–Kier alpha value is -3.09. The van der Waals surface area contributed by atoms with Crippen molar-refractivity contribution in [2.45, 2.75) is 13.8 Å². The number of esters is 1. The van der Waals surface area contributed by atoms with Gasteiger partial charge in [-0.25, -0.2) is 9.78 Å². The first-order chi connectivity index (χ1) is 11.6. The molecule has 0 aliphatic rings. The first-order valence-electron chi connectivity index (χ1n) is 7.37. The highest BCUT2D eigenvalue weighted by Crippen LogP contribution is 2.36. The van der Waals surface area contributed by atoms with Crippen LogP contribution in [0.2, 0.25) is 0 Å². The topological polar surface area (TPSA) is 94.7 Å². The number of benzene rings is 1. The van der Waals surface area contributed by atoms with E-state index in [9.17, 15) is 9.90 Å². The predicted octanol–water partition coefficient (Wildman–Crippen LogP) is 3.09. The van der Waals surface area contributed by atoms with E-state index < -0.39 is 5.97 Å². The fourth-order valence-electron chi connectivity index (χ4n) is 2.46. The maximum Gasteiger partial charge on any atom is 0.360 e. The molecule has 3 rings (SSSR count). The monoisotopic (exact) mass is 328 g/mol. The number of rotatable bonds is 4. The molecule has 0 saturated carbocycles. The average Bonchev–Trinajstić information content (AvgIpc) is 3.04. The lowest BCUT2D eigenvalue weighted by Crippen LogP contribution is -2.08. The van der Waals surface area contributed by atoms with Gasteiger partial charge in [0.2, 0.25) is 5.58 Å². The van der Waals surface area contributed by atoms with E-state index in [0.29, 0.717) is 22.5 Å². The quantitative estimate of drug-likeness (QED) is 0.735. The number of aromatic nitrogens is 2. The second-order valence-corrected chi connectivity index (χ2v) is 5.08. The molecule has 7 heteroatoms. The van der Waals surface area contributed by atoms with Crippen molar-refractivity contribution in [3.05, 3.63) is 35.7 Å². The van der Waals surface area contributed by atoms with Crippen molar-refractivity contribution in [3.63, 3.8) is 0 Å². The largest absolute Gasteiger partial charge is 0.502 e. The van der Waals surface area contributed by atoms with Gasteiger partial charge in [-0.05, 0) is 38.1 Å². The minimum absolute atomic E-state index is 0.108. The molecule has 0 bridgehead atoms. The van der Waals surface area contributed by atoms with Crippen LogP contribution in [0.15, 0.2) is 28.8 Å². The summed E-state index contributed by atoms with van der Waals surface area (Å²) in [7, 11) is 1.59. The summed E-state index contributed by atoms with van der Waals surface area (Å²) >= 11 is 0. The molecule has 0 fully saturated rings. The van der Waals surface area contributed by atoms with Gasteiger partial charge in [0, 0.05) is 5.56 Å². The molecule has 3 aromatic rings. The molecule has 2 aromatic heterocycles. The fourth-order valence-corrected chi connectivity index (χ4v) is 2.46. The van der Waals surface area contributed by atoms with Gasteiger partial charge in [0.05, 0.1) is 24.8 Å². The standard InChI is InChI=1S/C17H16N2O5/c1-4-23-17(21)14-15(20)16-12(9(2)18-14)13(19-24-16)10-5-7-11(22-3)8-6-10/h5-8,20H,4H2,1-3H3. The van der Waals surface area contributed by atoms with Crippen LogP contribution in [-0.2, 0) is 4.74 Å². The van der Waals surface area contributed by atoms with E-state index in [0.717, 1.165) is 5.56 Å². The molecule has 0 saturated heterocycles. The smallest absolute Gasteiger partial charge is 0.360 e. The van der Waals surface area contributed by atoms with E-state index in [1.165, 1.54) is 0 Å². The van der Waals surface area contributed by atoms with E-state index in [4.69, 9.17) is 14.0 Å². The SMILES string of the molecule is CCOC(=O)c1nc(C)c2c(-c3ccc(OC)cc3)noc2c1O. The lowest BCUT2D eigenvalue weighted by Gasteiger charge is -2.06. The Morgan fingerprint density at radius 3 is 2.62 bits per heavy atom. The lowest BCUT2D eigenvalue weighted by molar-refractivity contribution is 0.0515. The third-order valence-corrected chi connectivity index (χ3v) is 3.61. The lowest BCUT2D eigenvalue weighted by atomic mass is 10.1. The molecule has 1 aromatic carbocycles. The number of ether oxygens (including phenoxy) is 2. The van der Waals surface area contributed by atoms with Crippen LogP contribution in [-0.4, -0.2) is 34.9 Å². The van der Waals surface area contributed by atoms with Gasteiger partial charge in [0.1, 0.15) is 11.4 Å². The molecule has 7 nitrogen and oxygen atoms in total. The Balaban J connectivity index is 2.15. The molecule has 1 N–H and O–H groups in total. The molecule has 0 unspecified atom stereocenters. The summed E-state index contributed by atoms with van der Waals surface area (Å²) in [6, 6.07) is 7.24. The van der Waals surface area contributed by atoms with Crippen molar-refractivity contribution in [2.24, 2.45) is 0 Å². The van der Waals surface area contributed by atoms with Crippen LogP contribution in [0, 0.1) is 6.92 Å². The summed E-state index contributed by atoms with van der Waals surface area (Å²) in [5, 5.41) is 14.9. The molecule has 2 heterocycles. The van der Waals surface area contributed by atoms with E-state index in [2.05, 4.69) is 10.1 Å². The Labute approximate surface area is 137 Å². The van der Waals surface area contributed by atoms with Crippen molar-refractivity contribution >= 4 is 16.9 Å². The Bertz CT molecular complexity index is 899. The van der Waals surface area contributed by atoms with Gasteiger partial charge in [0.25, 0.3) is 0 Å². The zero-order valence-electron chi connectivity index (χ0n) is 13.5. The number of carbonyl (C=O) groups excluding carboxylic acids is 1. The number of fused-ring (bicyclic) bond motifs is 1. The maximum absolute atomic E-state index is 11.9. The summed E-state index contributed by atoms with van der Waals surface area (Å²) in [4.78, 5) is 16.1. The highest BCUT2D eigenvalue weighted by molar-refractivity contribution is 6.02. The molecular formula is C17H16N2O5. The van der Waals surface area contributed by atoms with Crippen molar-refractivity contribution in [1.29, 1.82) is 0 Å². The number of pyridine rings is 1. The van der Waals surface area contributed by atoms with Crippen molar-refractivity contribution in [3.8, 4) is 22.8 Å². The number of nitrogens with zero attached hydrogens (tertiary/aromatic N) is 2. The van der Waals surface area contributed by atoms with E-state index in [1.54, 1.807) is 33.1 Å². The van der Waals surface area contributed by atoms with Crippen LogP contribution in [0.4, 0.5) is 0 Å². The predicted molar refractivity (Wildman–Crippen MR) is 86.2 cm³/mol. The first-order valence-corrected chi connectivity index (χ1v) is 7.37. The second kappa shape index (κ2) is 6.19. The van der Waals surface area contributed by atoms with Gasteiger partial charge in [-0.15, -0.1) is 0 Å². The van der Waals surface area contributed by atoms with Gasteiger partial charge in [0.15, 0.2) is 11.4 Å². The molecule has 0 radical (unpaired) electrons. The number of aryl methyl sites for hydroxylation is 1. The van der Waals surface area contributed by atoms with E-state index >= 15 is 0 Å². The Morgan fingerprint density at radius 2 is 2.00 bits per heavy atom. The Morgan fingerprint density at radius 1 is 1.29 bits per heavy atom. The number of hydrogen-bond donors (Lipinski definition) is 1. The number of aromatic hydroxyl groups is 1. The van der Waals surface area contributed by atoms with Gasteiger partial charge >= 0.3 is 5.97 Å². The molecule has 0 atom stereocenters. The first kappa shape index (κ1) is 15.8. The number of methoxy groups -OCH3 is 1. The van der Waals surface area contributed by atoms with Crippen LogP contribution in [0.5, 0.6) is 11.5 Å². The molecule has 0 aliphatic carbocycles. The molecule has 0 aliphatic heterocycles. The van der Waals surface area contributed by atoms with Crippen molar-refractivity contribution < 1.29 is 23.9 Å². The van der Waals surface area contributed by atoms with E-state index in [1.807, 2.05) is 12.1 Å².